The maximum atomic E-state index is 12.7. The zero-order chi connectivity index (χ0) is 47.3. The maximum Gasteiger partial charge on any atom is 0.297 e. The summed E-state index contributed by atoms with van der Waals surface area (Å²) in [5.41, 5.74) is 0. The third-order valence-corrected chi connectivity index (χ3v) is 8.50. The maximum absolute atomic E-state index is 12.7. The fourth-order valence-electron chi connectivity index (χ4n) is 5.39. The molecule has 0 spiro atoms. The summed E-state index contributed by atoms with van der Waals surface area (Å²) in [6.45, 7) is 2.60. The second kappa shape index (κ2) is 42.1. The molecule has 0 aromatic heterocycles. The van der Waals surface area contributed by atoms with E-state index in [2.05, 4.69) is 177 Å². The third kappa shape index (κ3) is 30.0. The first-order valence-electron chi connectivity index (χ1n) is 20.3. The molecule has 8 atom stereocenters. The van der Waals surface area contributed by atoms with Crippen LogP contribution in [-0.4, -0.2) is 97.8 Å². The molecule has 0 saturated carbocycles. The lowest BCUT2D eigenvalue weighted by Crippen LogP contribution is -2.61. The van der Waals surface area contributed by atoms with Crippen molar-refractivity contribution in [3.8, 4) is 142 Å². The number of carbonyl (C=O) groups excluding carboxylic acids is 1. The molecular formula is C50H98NO12S-. The molecule has 64 heavy (non-hydrogen) atoms. The lowest BCUT2D eigenvalue weighted by atomic mass is 9.98. The van der Waals surface area contributed by atoms with Gasteiger partial charge in [0.25, 0.3) is 5.91 Å². The lowest BCUT2D eigenvalue weighted by Gasteiger charge is -2.41. The first-order chi connectivity index (χ1) is 31.3. The predicted molar refractivity (Wildman–Crippen MR) is 287 cm³/mol. The highest BCUT2D eigenvalue weighted by Crippen LogP contribution is 2.25. The van der Waals surface area contributed by atoms with Gasteiger partial charge in [0.1, 0.15) is 24.4 Å². The smallest absolute Gasteiger partial charge is 0.297 e. The Bertz CT molecular complexity index is 2280. The van der Waals surface area contributed by atoms with Crippen molar-refractivity contribution in [3.05, 3.63) is 0 Å². The third-order valence-electron chi connectivity index (χ3n) is 8.50. The van der Waals surface area contributed by atoms with Crippen LogP contribution >= 0.6 is 0 Å². The molecule has 1 rings (SSSR count). The minimum absolute atomic E-state index is 0. The minimum Gasteiger partial charge on any atom is -0.692 e. The molecule has 382 valence electrons. The van der Waals surface area contributed by atoms with E-state index in [4.69, 9.17) is 13.7 Å². The van der Waals surface area contributed by atoms with Crippen molar-refractivity contribution >= 4 is 18.4 Å². The van der Waals surface area contributed by atoms with Gasteiger partial charge in [-0.3, -0.25) is 9.83 Å². The lowest BCUT2D eigenvalue weighted by molar-refractivity contribution is -0.808. The Morgan fingerprint density at radius 2 is 1.08 bits per heavy atom. The monoisotopic (exact) mass is 937 g/mol. The Hall–Kier alpha value is -6.19. The molecule has 1 heterocycles. The summed E-state index contributed by atoms with van der Waals surface area (Å²) >= 11 is 2.83. The highest BCUT2D eigenvalue weighted by atomic mass is 32.1. The van der Waals surface area contributed by atoms with Crippen LogP contribution in [0.25, 0.3) is 0 Å². The molecule has 0 bridgehead atoms. The highest BCUT2D eigenvalue weighted by molar-refractivity contribution is 7.44. The van der Waals surface area contributed by atoms with Crippen LogP contribution in [0.4, 0.5) is 0 Å². The highest BCUT2D eigenvalue weighted by Gasteiger charge is 2.47. The number of carbonyl (C=O) groups is 1. The van der Waals surface area contributed by atoms with E-state index in [1.54, 1.807) is 6.92 Å². The summed E-state index contributed by atoms with van der Waals surface area (Å²) in [5, 5.41) is 68.8. The van der Waals surface area contributed by atoms with Crippen LogP contribution in [0, 0.1) is 142 Å². The van der Waals surface area contributed by atoms with E-state index in [0.29, 0.717) is 6.42 Å². The number of nitrogens with one attached hydrogen (secondary N) is 1. The Labute approximate surface area is 418 Å². The molecule has 1 amide bonds. The molecule has 6 N–H and O–H groups in total. The molecule has 0 aliphatic carbocycles. The largest absolute Gasteiger partial charge is 0.692 e. The van der Waals surface area contributed by atoms with Gasteiger partial charge < -0.3 is 45.6 Å². The van der Waals surface area contributed by atoms with Crippen molar-refractivity contribution in [3.63, 3.8) is 0 Å². The fraction of sp³-hybridized carbons (Fsp3) is 0.500. The number of unbranched alkanes of at least 4 members (excludes halogenated alkanes) is 11. The Kier molecular flexibility index (Phi) is 38.1. The van der Waals surface area contributed by atoms with Gasteiger partial charge in [-0.15, -0.1) is 0 Å². The van der Waals surface area contributed by atoms with Crippen molar-refractivity contribution < 1.29 is 93.4 Å². The van der Waals surface area contributed by atoms with Crippen molar-refractivity contribution in [2.45, 2.75) is 146 Å². The van der Waals surface area contributed by atoms with E-state index >= 15 is 0 Å². The standard InChI is InChI=1S/C50H51NO11.OS.24H2/c1-3-5-7-9-11-13-15-17-18-19-20-21-22-23-24-25-26-27-29-31-33-35-37-39-45(54)51-42(41-59-50-48(57)49(61-62-58)47(56)44(40-52)60-50)46(55)43(53)38-36-34-32-30-28-16-14-12-10-8-6-4-2;1-2;;;;;;;;;;;;;;;;;;;;;;;;/h42-44,46-50,52-53,55-58H,4,6,8,10,12,14,16,28,30,32,34,36,38,40-41H2,1-2H3,(H,51,54);;24*1H/p-1/t42?,43-,44?,46+,47?,48?,49?,50?;;;;;;;;;;;;;;;;;;;;;;;;;/m1........................./s1. The summed E-state index contributed by atoms with van der Waals surface area (Å²) in [7, 11) is 0. The Morgan fingerprint density at radius 1 is 0.672 bits per heavy atom. The van der Waals surface area contributed by atoms with Crippen LogP contribution in [0.1, 0.15) is 132 Å². The molecule has 14 heteroatoms. The van der Waals surface area contributed by atoms with E-state index in [1.807, 2.05) is 0 Å². The van der Waals surface area contributed by atoms with Crippen LogP contribution in [-0.2, 0) is 36.7 Å². The molecular weight excluding hydrogens is 839 g/mol. The van der Waals surface area contributed by atoms with E-state index in [0.717, 1.165) is 25.7 Å². The van der Waals surface area contributed by atoms with Crippen molar-refractivity contribution in [2.75, 3.05) is 13.2 Å². The van der Waals surface area contributed by atoms with Gasteiger partial charge in [0.2, 0.25) is 0 Å². The average Bonchev–Trinajstić information content (AvgIpc) is 3.30. The van der Waals surface area contributed by atoms with Gasteiger partial charge in [0.05, 0.1) is 25.4 Å². The molecule has 13 nitrogen and oxygen atoms in total. The zero-order valence-corrected chi connectivity index (χ0v) is 36.5. The average molecular weight is 937 g/mol. The summed E-state index contributed by atoms with van der Waals surface area (Å²) in [6, 6.07) is -1.28. The summed E-state index contributed by atoms with van der Waals surface area (Å²) in [6.07, 6.45) is 2.87. The topological polar surface area (TPSA) is 207 Å². The second-order valence-electron chi connectivity index (χ2n) is 13.1. The molecule has 0 aromatic carbocycles. The van der Waals surface area contributed by atoms with Gasteiger partial charge in [0.15, 0.2) is 24.9 Å². The van der Waals surface area contributed by atoms with Gasteiger partial charge in [0, 0.05) is 75.7 Å². The van der Waals surface area contributed by atoms with E-state index in [9.17, 15) is 35.6 Å². The molecule has 1 aliphatic rings. The number of hydrogen-bond donors (Lipinski definition) is 6. The molecule has 6 unspecified atom stereocenters. The molecule has 1 aliphatic heterocycles. The van der Waals surface area contributed by atoms with E-state index in [-0.39, 0.29) is 40.7 Å². The predicted octanol–water partition coefficient (Wildman–Crippen LogP) is 5.96. The van der Waals surface area contributed by atoms with Gasteiger partial charge >= 0.3 is 0 Å². The van der Waals surface area contributed by atoms with Crippen LogP contribution in [0.5, 0.6) is 0 Å². The second-order valence-corrected chi connectivity index (χ2v) is 13.1. The van der Waals surface area contributed by atoms with Gasteiger partial charge in [-0.2, -0.15) is 4.21 Å². The van der Waals surface area contributed by atoms with Gasteiger partial charge in [-0.05, 0) is 108 Å². The number of aliphatic hydroxyl groups is 5. The fourth-order valence-corrected chi connectivity index (χ4v) is 5.39. The SMILES string of the molecule is CC#CC#CC#CC#CC#CC#CC#CC#CC#CC#CC#CC#CC(=O)NC(COC1OC(CO)C(O)C(OO[O-])C1O)[C@H](O)[C@H](O)CCCCCCCCCCCCCC.O=S.[HH].[HH].[HH].[HH].[HH].[HH].[HH].[HH].[HH].[HH].[HH].[HH].[HH].[HH].[HH].[HH].[HH].[HH].[HH].[HH].[HH].[HH].[HH].[HH]. The number of amides is 1. The van der Waals surface area contributed by atoms with Crippen molar-refractivity contribution in [1.82, 2.24) is 5.32 Å². The zero-order valence-electron chi connectivity index (χ0n) is 35.7. The Balaban J connectivity index is -0.0000000656. The molecule has 1 fully saturated rings. The number of ether oxygens (including phenoxy) is 2. The molecule has 0 aromatic rings. The first kappa shape index (κ1) is 57.8. The van der Waals surface area contributed by atoms with Crippen LogP contribution < -0.4 is 10.6 Å². The normalized spacial score (nSPS) is 17.1. The summed E-state index contributed by atoms with van der Waals surface area (Å²) in [5.74, 6) is 58.2. The Morgan fingerprint density at radius 3 is 1.48 bits per heavy atom. The summed E-state index contributed by atoms with van der Waals surface area (Å²) in [4.78, 5) is 17.1. The van der Waals surface area contributed by atoms with E-state index < -0.39 is 68.1 Å². The van der Waals surface area contributed by atoms with Gasteiger partial charge in [-0.1, -0.05) is 89.9 Å². The van der Waals surface area contributed by atoms with Crippen LogP contribution in [0.3, 0.4) is 0 Å². The van der Waals surface area contributed by atoms with E-state index in [1.165, 1.54) is 44.9 Å². The number of aliphatic hydroxyl groups excluding tert-OH is 5. The van der Waals surface area contributed by atoms with Crippen LogP contribution in [0.15, 0.2) is 0 Å². The first-order valence-corrected chi connectivity index (χ1v) is 20.6. The van der Waals surface area contributed by atoms with Crippen molar-refractivity contribution in [2.24, 2.45) is 0 Å². The quantitative estimate of drug-likeness (QED) is 0.0321. The minimum atomic E-state index is -1.79. The van der Waals surface area contributed by atoms with Gasteiger partial charge in [-0.25, -0.2) is 4.89 Å². The number of rotatable bonds is 22. The van der Waals surface area contributed by atoms with Crippen LogP contribution in [0.2, 0.25) is 0 Å². The summed E-state index contributed by atoms with van der Waals surface area (Å²) < 4.78 is 18.8. The molecule has 0 radical (unpaired) electrons. The number of hydrogen-bond acceptors (Lipinski definition) is 13. The van der Waals surface area contributed by atoms with Crippen molar-refractivity contribution in [1.29, 1.82) is 0 Å². The molecule has 1 saturated heterocycles.